The second-order valence-corrected chi connectivity index (χ2v) is 5.82. The molecule has 2 aromatic rings. The van der Waals surface area contributed by atoms with Gasteiger partial charge in [-0.1, -0.05) is 35.9 Å². The molecule has 0 aliphatic rings. The van der Waals surface area contributed by atoms with Gasteiger partial charge in [-0.05, 0) is 42.3 Å². The largest absolute Gasteiger partial charge is 0.416 e. The van der Waals surface area contributed by atoms with Gasteiger partial charge in [0.25, 0.3) is 0 Å². The third kappa shape index (κ3) is 3.43. The molecule has 0 heterocycles. The summed E-state index contributed by atoms with van der Waals surface area (Å²) in [6.45, 7) is 1.73. The summed E-state index contributed by atoms with van der Waals surface area (Å²) in [6.07, 6.45) is -4.37. The van der Waals surface area contributed by atoms with Crippen molar-refractivity contribution in [2.45, 2.75) is 24.7 Å². The molecule has 0 bridgehead atoms. The van der Waals surface area contributed by atoms with Gasteiger partial charge in [-0.15, -0.1) is 0 Å². The number of alkyl halides is 3. The summed E-state index contributed by atoms with van der Waals surface area (Å²) < 4.78 is 37.8. The van der Waals surface area contributed by atoms with E-state index in [1.165, 1.54) is 12.1 Å². The summed E-state index contributed by atoms with van der Waals surface area (Å²) >= 11 is 5.84. The lowest BCUT2D eigenvalue weighted by Crippen LogP contribution is -2.44. The lowest BCUT2D eigenvalue weighted by Gasteiger charge is -2.32. The molecule has 0 amide bonds. The van der Waals surface area contributed by atoms with Gasteiger partial charge in [0.2, 0.25) is 0 Å². The summed E-state index contributed by atoms with van der Waals surface area (Å²) in [4.78, 5) is 0. The summed E-state index contributed by atoms with van der Waals surface area (Å²) in [6, 6.07) is 11.0. The molecule has 0 aromatic heterocycles. The molecule has 0 aliphatic carbocycles. The molecule has 0 radical (unpaired) electrons. The van der Waals surface area contributed by atoms with E-state index in [4.69, 9.17) is 23.1 Å². The van der Waals surface area contributed by atoms with Crippen molar-refractivity contribution in [1.82, 2.24) is 0 Å². The standard InChI is InChI=1S/C16H16ClF3N2/c1-15(22,11-6-8-13(17)9-7-11)14(21)10-2-4-12(5-3-10)16(18,19)20/h2-9,14H,21-22H2,1H3/t14-,15+/m1/s1. The van der Waals surface area contributed by atoms with E-state index >= 15 is 0 Å². The minimum absolute atomic E-state index is 0.535. The average molecular weight is 329 g/mol. The van der Waals surface area contributed by atoms with Gasteiger partial charge in [-0.3, -0.25) is 0 Å². The van der Waals surface area contributed by atoms with Crippen LogP contribution in [0.3, 0.4) is 0 Å². The second kappa shape index (κ2) is 5.91. The van der Waals surface area contributed by atoms with Gasteiger partial charge in [0, 0.05) is 5.02 Å². The quantitative estimate of drug-likeness (QED) is 0.885. The van der Waals surface area contributed by atoms with E-state index in [9.17, 15) is 13.2 Å². The van der Waals surface area contributed by atoms with Crippen molar-refractivity contribution in [2.75, 3.05) is 0 Å². The summed E-state index contributed by atoms with van der Waals surface area (Å²) in [5, 5.41) is 0.572. The third-order valence-corrected chi connectivity index (χ3v) is 3.96. The maximum Gasteiger partial charge on any atom is 0.416 e. The van der Waals surface area contributed by atoms with Crippen LogP contribution < -0.4 is 11.5 Å². The highest BCUT2D eigenvalue weighted by Crippen LogP contribution is 2.34. The van der Waals surface area contributed by atoms with Crippen LogP contribution in [0.15, 0.2) is 48.5 Å². The Balaban J connectivity index is 2.30. The molecule has 2 rings (SSSR count). The molecule has 2 atom stereocenters. The topological polar surface area (TPSA) is 52.0 Å². The van der Waals surface area contributed by atoms with Gasteiger partial charge in [-0.25, -0.2) is 0 Å². The van der Waals surface area contributed by atoms with Crippen LogP contribution in [-0.2, 0) is 11.7 Å². The van der Waals surface area contributed by atoms with Gasteiger partial charge in [0.15, 0.2) is 0 Å². The molecule has 0 spiro atoms. The minimum Gasteiger partial charge on any atom is -0.322 e. The van der Waals surface area contributed by atoms with Crippen molar-refractivity contribution in [3.8, 4) is 0 Å². The Morgan fingerprint density at radius 3 is 1.82 bits per heavy atom. The predicted molar refractivity (Wildman–Crippen MR) is 81.4 cm³/mol. The molecular weight excluding hydrogens is 313 g/mol. The van der Waals surface area contributed by atoms with Crippen molar-refractivity contribution in [3.05, 3.63) is 70.2 Å². The number of hydrogen-bond donors (Lipinski definition) is 2. The molecule has 118 valence electrons. The Morgan fingerprint density at radius 2 is 1.36 bits per heavy atom. The van der Waals surface area contributed by atoms with Gasteiger partial charge < -0.3 is 11.5 Å². The number of rotatable bonds is 3. The van der Waals surface area contributed by atoms with Crippen molar-refractivity contribution in [1.29, 1.82) is 0 Å². The van der Waals surface area contributed by atoms with E-state index in [0.717, 1.165) is 17.7 Å². The van der Waals surface area contributed by atoms with Crippen LogP contribution in [0.2, 0.25) is 5.02 Å². The average Bonchev–Trinajstić information content (AvgIpc) is 2.46. The van der Waals surface area contributed by atoms with Crippen molar-refractivity contribution >= 4 is 11.6 Å². The van der Waals surface area contributed by atoms with E-state index < -0.39 is 23.3 Å². The van der Waals surface area contributed by atoms with Crippen LogP contribution in [0.1, 0.15) is 29.7 Å². The number of halogens is 4. The van der Waals surface area contributed by atoms with Crippen LogP contribution in [0.5, 0.6) is 0 Å². The maximum atomic E-state index is 12.6. The van der Waals surface area contributed by atoms with Gasteiger partial charge >= 0.3 is 6.18 Å². The normalized spacial score (nSPS) is 16.1. The van der Waals surface area contributed by atoms with E-state index in [1.54, 1.807) is 31.2 Å². The predicted octanol–water partition coefficient (Wildman–Crippen LogP) is 4.23. The zero-order valence-corrected chi connectivity index (χ0v) is 12.6. The van der Waals surface area contributed by atoms with Crippen molar-refractivity contribution in [2.24, 2.45) is 11.5 Å². The van der Waals surface area contributed by atoms with E-state index in [0.29, 0.717) is 10.6 Å². The maximum absolute atomic E-state index is 12.6. The number of hydrogen-bond acceptors (Lipinski definition) is 2. The van der Waals surface area contributed by atoms with Crippen LogP contribution in [0.4, 0.5) is 13.2 Å². The fraction of sp³-hybridized carbons (Fsp3) is 0.250. The smallest absolute Gasteiger partial charge is 0.322 e. The van der Waals surface area contributed by atoms with Crippen LogP contribution in [0, 0.1) is 0 Å². The second-order valence-electron chi connectivity index (χ2n) is 5.39. The molecule has 0 unspecified atom stereocenters. The van der Waals surface area contributed by atoms with Crippen LogP contribution in [0.25, 0.3) is 0 Å². The lowest BCUT2D eigenvalue weighted by atomic mass is 9.82. The first-order chi connectivity index (χ1) is 10.1. The molecule has 4 N–H and O–H groups in total. The van der Waals surface area contributed by atoms with Gasteiger partial charge in [0.1, 0.15) is 0 Å². The highest BCUT2D eigenvalue weighted by Gasteiger charge is 2.33. The van der Waals surface area contributed by atoms with Gasteiger partial charge in [0.05, 0.1) is 17.1 Å². The first-order valence-electron chi connectivity index (χ1n) is 6.60. The molecule has 0 saturated carbocycles. The van der Waals surface area contributed by atoms with Crippen molar-refractivity contribution < 1.29 is 13.2 Å². The Kier molecular flexibility index (Phi) is 4.52. The van der Waals surface area contributed by atoms with Crippen LogP contribution in [-0.4, -0.2) is 0 Å². The monoisotopic (exact) mass is 328 g/mol. The third-order valence-electron chi connectivity index (χ3n) is 3.71. The van der Waals surface area contributed by atoms with E-state index in [2.05, 4.69) is 0 Å². The molecule has 2 nitrogen and oxygen atoms in total. The zero-order chi connectivity index (χ0) is 16.5. The van der Waals surface area contributed by atoms with Crippen LogP contribution >= 0.6 is 11.6 Å². The first-order valence-corrected chi connectivity index (χ1v) is 6.98. The minimum atomic E-state index is -4.37. The first kappa shape index (κ1) is 16.8. The molecule has 0 saturated heterocycles. The molecule has 2 aromatic carbocycles. The van der Waals surface area contributed by atoms with Gasteiger partial charge in [-0.2, -0.15) is 13.2 Å². The fourth-order valence-electron chi connectivity index (χ4n) is 2.21. The number of benzene rings is 2. The number of nitrogens with two attached hydrogens (primary N) is 2. The Hall–Kier alpha value is -1.56. The van der Waals surface area contributed by atoms with Crippen molar-refractivity contribution in [3.63, 3.8) is 0 Å². The van der Waals surface area contributed by atoms with E-state index in [-0.39, 0.29) is 0 Å². The summed E-state index contributed by atoms with van der Waals surface area (Å²) in [5.41, 5.74) is 12.1. The molecular formula is C16H16ClF3N2. The highest BCUT2D eigenvalue weighted by atomic mass is 35.5. The molecule has 6 heteroatoms. The lowest BCUT2D eigenvalue weighted by molar-refractivity contribution is -0.137. The highest BCUT2D eigenvalue weighted by molar-refractivity contribution is 6.30. The Bertz CT molecular complexity index is 634. The Labute approximate surface area is 131 Å². The summed E-state index contributed by atoms with van der Waals surface area (Å²) in [5.74, 6) is 0. The zero-order valence-electron chi connectivity index (χ0n) is 11.9. The fourth-order valence-corrected chi connectivity index (χ4v) is 2.34. The molecule has 22 heavy (non-hydrogen) atoms. The van der Waals surface area contributed by atoms with E-state index in [1.807, 2.05) is 0 Å². The Morgan fingerprint density at radius 1 is 0.909 bits per heavy atom. The SMILES string of the molecule is C[C@](N)(c1ccc(Cl)cc1)[C@H](N)c1ccc(C(F)(F)F)cc1. The molecule has 0 aliphatic heterocycles. The molecule has 0 fully saturated rings. The summed E-state index contributed by atoms with van der Waals surface area (Å²) in [7, 11) is 0.